The van der Waals surface area contributed by atoms with Crippen LogP contribution in [0.25, 0.3) is 0 Å². The van der Waals surface area contributed by atoms with Crippen LogP contribution >= 0.6 is 0 Å². The zero-order valence-electron chi connectivity index (χ0n) is 13.3. The molecule has 7 heteroatoms. The Bertz CT molecular complexity index is 518. The fraction of sp³-hybridized carbons (Fsp3) is 0.786. The Hall–Kier alpha value is -1.63. The molecular formula is C14H25N5O2. The summed E-state index contributed by atoms with van der Waals surface area (Å²) in [5.74, 6) is 0.518. The first kappa shape index (κ1) is 15.8. The van der Waals surface area contributed by atoms with Crippen molar-refractivity contribution in [2.75, 3.05) is 26.0 Å². The van der Waals surface area contributed by atoms with E-state index in [2.05, 4.69) is 29.4 Å². The fourth-order valence-corrected chi connectivity index (χ4v) is 3.26. The Labute approximate surface area is 125 Å². The summed E-state index contributed by atoms with van der Waals surface area (Å²) in [5, 5.41) is 18.9. The molecule has 0 aromatic carbocycles. The monoisotopic (exact) mass is 295 g/mol. The number of likely N-dealkylation sites (N-methyl/N-ethyl adjacent to an activating group) is 1. The second kappa shape index (κ2) is 6.01. The van der Waals surface area contributed by atoms with E-state index in [0.717, 1.165) is 12.8 Å². The van der Waals surface area contributed by atoms with Gasteiger partial charge >= 0.3 is 5.69 Å². The molecule has 1 aromatic heterocycles. The first-order valence-electron chi connectivity index (χ1n) is 7.53. The number of nitrogens with one attached hydrogen (secondary N) is 1. The molecule has 0 amide bonds. The van der Waals surface area contributed by atoms with Crippen molar-refractivity contribution in [3.05, 3.63) is 15.8 Å². The van der Waals surface area contributed by atoms with Crippen LogP contribution in [0.3, 0.4) is 0 Å². The van der Waals surface area contributed by atoms with E-state index in [9.17, 15) is 10.1 Å². The van der Waals surface area contributed by atoms with Crippen molar-refractivity contribution in [2.24, 2.45) is 7.05 Å². The topological polar surface area (TPSA) is 76.2 Å². The molecule has 1 aliphatic carbocycles. The number of hydrogen-bond acceptors (Lipinski definition) is 5. The van der Waals surface area contributed by atoms with Crippen LogP contribution < -0.4 is 5.32 Å². The predicted molar refractivity (Wildman–Crippen MR) is 82.6 cm³/mol. The van der Waals surface area contributed by atoms with Crippen LogP contribution in [-0.2, 0) is 13.5 Å². The van der Waals surface area contributed by atoms with Crippen molar-refractivity contribution in [1.29, 1.82) is 0 Å². The van der Waals surface area contributed by atoms with Gasteiger partial charge in [0.1, 0.15) is 5.69 Å². The maximum Gasteiger partial charge on any atom is 0.333 e. The van der Waals surface area contributed by atoms with Crippen LogP contribution in [0.5, 0.6) is 0 Å². The molecule has 1 N–H and O–H groups in total. The van der Waals surface area contributed by atoms with Gasteiger partial charge in [-0.2, -0.15) is 5.10 Å². The minimum absolute atomic E-state index is 0.0878. The standard InChI is InChI=1S/C14H25N5O2/c1-5-11-12(19(20)21)13(18(4)16-11)15-10-14(17(2)3)8-6-7-9-14/h15H,5-10H2,1-4H3. The van der Waals surface area contributed by atoms with Gasteiger partial charge in [-0.3, -0.25) is 10.1 Å². The van der Waals surface area contributed by atoms with Gasteiger partial charge < -0.3 is 10.2 Å². The Morgan fingerprint density at radius 3 is 2.52 bits per heavy atom. The van der Waals surface area contributed by atoms with Gasteiger partial charge in [0.15, 0.2) is 0 Å². The lowest BCUT2D eigenvalue weighted by molar-refractivity contribution is -0.384. The highest BCUT2D eigenvalue weighted by atomic mass is 16.6. The SMILES string of the molecule is CCc1nn(C)c(NCC2(N(C)C)CCCC2)c1[N+](=O)[O-]. The summed E-state index contributed by atoms with van der Waals surface area (Å²) in [6, 6.07) is 0. The van der Waals surface area contributed by atoms with E-state index >= 15 is 0 Å². The maximum absolute atomic E-state index is 11.3. The molecule has 118 valence electrons. The van der Waals surface area contributed by atoms with Crippen molar-refractivity contribution in [1.82, 2.24) is 14.7 Å². The van der Waals surface area contributed by atoms with Crippen LogP contribution in [0.4, 0.5) is 11.5 Å². The summed E-state index contributed by atoms with van der Waals surface area (Å²) >= 11 is 0. The number of nitrogens with zero attached hydrogens (tertiary/aromatic N) is 4. The molecule has 0 spiro atoms. The maximum atomic E-state index is 11.3. The van der Waals surface area contributed by atoms with E-state index in [1.54, 1.807) is 11.7 Å². The Morgan fingerprint density at radius 2 is 2.05 bits per heavy atom. The van der Waals surface area contributed by atoms with Gasteiger partial charge in [-0.15, -0.1) is 0 Å². The Kier molecular flexibility index (Phi) is 4.51. The molecule has 2 rings (SSSR count). The van der Waals surface area contributed by atoms with Gasteiger partial charge in [0, 0.05) is 19.1 Å². The van der Waals surface area contributed by atoms with Gasteiger partial charge in [-0.25, -0.2) is 4.68 Å². The van der Waals surface area contributed by atoms with Crippen molar-refractivity contribution in [3.8, 4) is 0 Å². The highest BCUT2D eigenvalue weighted by Gasteiger charge is 2.37. The lowest BCUT2D eigenvalue weighted by Crippen LogP contribution is -2.47. The molecule has 0 saturated heterocycles. The minimum atomic E-state index is -0.328. The van der Waals surface area contributed by atoms with Gasteiger partial charge in [0.2, 0.25) is 5.82 Å². The number of anilines is 1. The molecule has 0 radical (unpaired) electrons. The average molecular weight is 295 g/mol. The van der Waals surface area contributed by atoms with E-state index in [1.807, 2.05) is 6.92 Å². The van der Waals surface area contributed by atoms with Crippen molar-refractivity contribution in [2.45, 2.75) is 44.6 Å². The first-order valence-corrected chi connectivity index (χ1v) is 7.53. The predicted octanol–water partition coefficient (Wildman–Crippen LogP) is 2.18. The average Bonchev–Trinajstić information content (AvgIpc) is 3.01. The molecular weight excluding hydrogens is 270 g/mol. The summed E-state index contributed by atoms with van der Waals surface area (Å²) in [5.41, 5.74) is 0.743. The second-order valence-electron chi connectivity index (χ2n) is 6.06. The van der Waals surface area contributed by atoms with Crippen molar-refractivity contribution in [3.63, 3.8) is 0 Å². The van der Waals surface area contributed by atoms with Crippen LogP contribution in [0.15, 0.2) is 0 Å². The third kappa shape index (κ3) is 2.88. The summed E-state index contributed by atoms with van der Waals surface area (Å²) < 4.78 is 1.59. The van der Waals surface area contributed by atoms with Gasteiger partial charge in [0.05, 0.1) is 4.92 Å². The van der Waals surface area contributed by atoms with Gasteiger partial charge in [-0.1, -0.05) is 19.8 Å². The smallest absolute Gasteiger partial charge is 0.333 e. The van der Waals surface area contributed by atoms with Crippen molar-refractivity contribution >= 4 is 11.5 Å². The highest BCUT2D eigenvalue weighted by Crippen LogP contribution is 2.35. The Balaban J connectivity index is 2.23. The van der Waals surface area contributed by atoms with E-state index in [4.69, 9.17) is 0 Å². The molecule has 1 aliphatic rings. The number of aryl methyl sites for hydroxylation is 2. The van der Waals surface area contributed by atoms with Crippen LogP contribution in [0.2, 0.25) is 0 Å². The lowest BCUT2D eigenvalue weighted by atomic mass is 9.96. The fourth-order valence-electron chi connectivity index (χ4n) is 3.26. The largest absolute Gasteiger partial charge is 0.363 e. The second-order valence-corrected chi connectivity index (χ2v) is 6.06. The molecule has 1 heterocycles. The molecule has 1 aromatic rings. The number of nitro groups is 1. The third-order valence-corrected chi connectivity index (χ3v) is 4.68. The first-order chi connectivity index (χ1) is 9.91. The number of aromatic nitrogens is 2. The quantitative estimate of drug-likeness (QED) is 0.643. The highest BCUT2D eigenvalue weighted by molar-refractivity contribution is 5.60. The third-order valence-electron chi connectivity index (χ3n) is 4.68. The van der Waals surface area contributed by atoms with Crippen LogP contribution in [0.1, 0.15) is 38.3 Å². The molecule has 21 heavy (non-hydrogen) atoms. The molecule has 7 nitrogen and oxygen atoms in total. The van der Waals surface area contributed by atoms with E-state index in [0.29, 0.717) is 24.5 Å². The summed E-state index contributed by atoms with van der Waals surface area (Å²) in [4.78, 5) is 13.2. The summed E-state index contributed by atoms with van der Waals surface area (Å²) in [6.45, 7) is 2.60. The van der Waals surface area contributed by atoms with E-state index in [1.165, 1.54) is 12.8 Å². The summed E-state index contributed by atoms with van der Waals surface area (Å²) in [6.07, 6.45) is 5.24. The van der Waals surface area contributed by atoms with Gasteiger partial charge in [-0.05, 0) is 33.4 Å². The number of hydrogen-bond donors (Lipinski definition) is 1. The van der Waals surface area contributed by atoms with E-state index in [-0.39, 0.29) is 16.1 Å². The zero-order chi connectivity index (χ0) is 15.6. The normalized spacial score (nSPS) is 17.4. The molecule has 0 bridgehead atoms. The zero-order valence-corrected chi connectivity index (χ0v) is 13.3. The minimum Gasteiger partial charge on any atom is -0.363 e. The van der Waals surface area contributed by atoms with Gasteiger partial charge in [0.25, 0.3) is 0 Å². The Morgan fingerprint density at radius 1 is 1.43 bits per heavy atom. The van der Waals surface area contributed by atoms with Crippen LogP contribution in [0, 0.1) is 10.1 Å². The molecule has 0 atom stereocenters. The van der Waals surface area contributed by atoms with Crippen molar-refractivity contribution < 1.29 is 4.92 Å². The molecule has 1 fully saturated rings. The number of rotatable bonds is 6. The molecule has 0 unspecified atom stereocenters. The van der Waals surface area contributed by atoms with E-state index < -0.39 is 0 Å². The lowest BCUT2D eigenvalue weighted by Gasteiger charge is -2.36. The molecule has 0 aliphatic heterocycles. The molecule has 1 saturated carbocycles. The summed E-state index contributed by atoms with van der Waals surface area (Å²) in [7, 11) is 5.93. The van der Waals surface area contributed by atoms with Crippen LogP contribution in [-0.4, -0.2) is 45.8 Å².